The standard InChI is InChI=1S/C10H10F3NO3/c1-2-16-6-3-4-7(9(14)15)8(5-6)17-10(11,12)13/h3-5H,2H2,1H3,(H2,14,15). The molecule has 1 aromatic carbocycles. The number of hydrogen-bond acceptors (Lipinski definition) is 3. The van der Waals surface area contributed by atoms with Gasteiger partial charge in [0.25, 0.3) is 5.91 Å². The fourth-order valence-corrected chi connectivity index (χ4v) is 1.17. The number of hydrogen-bond donors (Lipinski definition) is 1. The topological polar surface area (TPSA) is 61.5 Å². The zero-order chi connectivity index (χ0) is 13.1. The van der Waals surface area contributed by atoms with E-state index in [0.717, 1.165) is 12.1 Å². The molecule has 0 aliphatic heterocycles. The second kappa shape index (κ2) is 4.94. The third kappa shape index (κ3) is 3.86. The SMILES string of the molecule is CCOc1ccc(C(N)=O)c(OC(F)(F)F)c1. The zero-order valence-corrected chi connectivity index (χ0v) is 8.88. The molecular weight excluding hydrogens is 239 g/mol. The molecule has 7 heteroatoms. The van der Waals surface area contributed by atoms with Gasteiger partial charge in [0, 0.05) is 6.07 Å². The van der Waals surface area contributed by atoms with E-state index in [9.17, 15) is 18.0 Å². The van der Waals surface area contributed by atoms with E-state index in [-0.39, 0.29) is 17.9 Å². The molecule has 0 radical (unpaired) electrons. The molecule has 1 rings (SSSR count). The number of ether oxygens (including phenoxy) is 2. The third-order valence-corrected chi connectivity index (χ3v) is 1.76. The molecule has 0 aliphatic rings. The van der Waals surface area contributed by atoms with E-state index in [1.165, 1.54) is 6.07 Å². The number of carbonyl (C=O) groups is 1. The van der Waals surface area contributed by atoms with Crippen LogP contribution in [0.25, 0.3) is 0 Å². The Balaban J connectivity index is 3.11. The van der Waals surface area contributed by atoms with Gasteiger partial charge in [0.2, 0.25) is 0 Å². The summed E-state index contributed by atoms with van der Waals surface area (Å²) < 4.78 is 45.0. The maximum Gasteiger partial charge on any atom is 0.573 e. The quantitative estimate of drug-likeness (QED) is 0.888. The molecule has 0 aromatic heterocycles. The fourth-order valence-electron chi connectivity index (χ4n) is 1.17. The molecule has 1 aromatic rings. The molecule has 0 fully saturated rings. The molecule has 0 spiro atoms. The summed E-state index contributed by atoms with van der Waals surface area (Å²) in [6.45, 7) is 1.95. The van der Waals surface area contributed by atoms with E-state index in [4.69, 9.17) is 10.5 Å². The van der Waals surface area contributed by atoms with Crippen molar-refractivity contribution >= 4 is 5.91 Å². The van der Waals surface area contributed by atoms with Gasteiger partial charge in [0.1, 0.15) is 11.5 Å². The minimum atomic E-state index is -4.89. The van der Waals surface area contributed by atoms with Crippen molar-refractivity contribution in [2.45, 2.75) is 13.3 Å². The number of amides is 1. The lowest BCUT2D eigenvalue weighted by molar-refractivity contribution is -0.274. The molecule has 94 valence electrons. The summed E-state index contributed by atoms with van der Waals surface area (Å²) in [7, 11) is 0. The summed E-state index contributed by atoms with van der Waals surface area (Å²) >= 11 is 0. The minimum Gasteiger partial charge on any atom is -0.494 e. The summed E-state index contributed by atoms with van der Waals surface area (Å²) in [5, 5.41) is 0. The Kier molecular flexibility index (Phi) is 3.82. The van der Waals surface area contributed by atoms with E-state index in [0.29, 0.717) is 0 Å². The van der Waals surface area contributed by atoms with Crippen LogP contribution in [0.4, 0.5) is 13.2 Å². The predicted molar refractivity (Wildman–Crippen MR) is 52.8 cm³/mol. The average molecular weight is 249 g/mol. The van der Waals surface area contributed by atoms with E-state index in [2.05, 4.69) is 4.74 Å². The van der Waals surface area contributed by atoms with Crippen LogP contribution in [0.15, 0.2) is 18.2 Å². The lowest BCUT2D eigenvalue weighted by Gasteiger charge is -2.13. The number of rotatable bonds is 4. The van der Waals surface area contributed by atoms with Crippen LogP contribution < -0.4 is 15.2 Å². The number of nitrogens with two attached hydrogens (primary N) is 1. The monoisotopic (exact) mass is 249 g/mol. The van der Waals surface area contributed by atoms with Crippen LogP contribution in [0.5, 0.6) is 11.5 Å². The lowest BCUT2D eigenvalue weighted by atomic mass is 10.2. The zero-order valence-electron chi connectivity index (χ0n) is 8.88. The maximum atomic E-state index is 12.1. The highest BCUT2D eigenvalue weighted by atomic mass is 19.4. The number of halogens is 3. The van der Waals surface area contributed by atoms with Crippen LogP contribution in [0.1, 0.15) is 17.3 Å². The first-order chi connectivity index (χ1) is 7.83. The van der Waals surface area contributed by atoms with Crippen LogP contribution in [0.3, 0.4) is 0 Å². The largest absolute Gasteiger partial charge is 0.573 e. The van der Waals surface area contributed by atoms with Gasteiger partial charge >= 0.3 is 6.36 Å². The first kappa shape index (κ1) is 13.1. The number of primary amides is 1. The van der Waals surface area contributed by atoms with Crippen molar-refractivity contribution < 1.29 is 27.4 Å². The summed E-state index contributed by atoms with van der Waals surface area (Å²) in [4.78, 5) is 10.9. The van der Waals surface area contributed by atoms with E-state index in [1.807, 2.05) is 0 Å². The first-order valence-electron chi connectivity index (χ1n) is 4.66. The highest BCUT2D eigenvalue weighted by molar-refractivity contribution is 5.95. The van der Waals surface area contributed by atoms with Gasteiger partial charge in [-0.2, -0.15) is 0 Å². The van der Waals surface area contributed by atoms with Gasteiger partial charge in [-0.05, 0) is 19.1 Å². The summed E-state index contributed by atoms with van der Waals surface area (Å²) in [5.74, 6) is -1.51. The summed E-state index contributed by atoms with van der Waals surface area (Å²) in [5.41, 5.74) is 4.57. The van der Waals surface area contributed by atoms with Crippen molar-refractivity contribution in [3.8, 4) is 11.5 Å². The van der Waals surface area contributed by atoms with Gasteiger partial charge in [-0.25, -0.2) is 0 Å². The highest BCUT2D eigenvalue weighted by Gasteiger charge is 2.33. The van der Waals surface area contributed by atoms with Crippen molar-refractivity contribution in [1.82, 2.24) is 0 Å². The van der Waals surface area contributed by atoms with Crippen LogP contribution >= 0.6 is 0 Å². The van der Waals surface area contributed by atoms with Crippen LogP contribution in [0, 0.1) is 0 Å². The van der Waals surface area contributed by atoms with E-state index in [1.54, 1.807) is 6.92 Å². The summed E-state index contributed by atoms with van der Waals surface area (Å²) in [6.07, 6.45) is -4.89. The van der Waals surface area contributed by atoms with Gasteiger partial charge in [0.15, 0.2) is 0 Å². The van der Waals surface area contributed by atoms with E-state index < -0.39 is 18.0 Å². The van der Waals surface area contributed by atoms with Crippen LogP contribution in [0.2, 0.25) is 0 Å². The second-order valence-corrected chi connectivity index (χ2v) is 3.00. The smallest absolute Gasteiger partial charge is 0.494 e. The Morgan fingerprint density at radius 3 is 2.53 bits per heavy atom. The molecule has 0 bridgehead atoms. The fraction of sp³-hybridized carbons (Fsp3) is 0.300. The van der Waals surface area contributed by atoms with Gasteiger partial charge in [-0.15, -0.1) is 13.2 Å². The van der Waals surface area contributed by atoms with Gasteiger partial charge < -0.3 is 15.2 Å². The number of carbonyl (C=O) groups excluding carboxylic acids is 1. The Morgan fingerprint density at radius 1 is 1.41 bits per heavy atom. The Morgan fingerprint density at radius 2 is 2.06 bits per heavy atom. The molecule has 0 aliphatic carbocycles. The van der Waals surface area contributed by atoms with Gasteiger partial charge in [-0.1, -0.05) is 0 Å². The van der Waals surface area contributed by atoms with Crippen LogP contribution in [-0.2, 0) is 0 Å². The van der Waals surface area contributed by atoms with Crippen molar-refractivity contribution in [1.29, 1.82) is 0 Å². The molecule has 0 saturated carbocycles. The minimum absolute atomic E-state index is 0.164. The molecule has 2 N–H and O–H groups in total. The van der Waals surface area contributed by atoms with Crippen molar-refractivity contribution in [3.63, 3.8) is 0 Å². The molecule has 17 heavy (non-hydrogen) atoms. The Labute approximate surface area is 95.1 Å². The molecule has 0 unspecified atom stereocenters. The first-order valence-corrected chi connectivity index (χ1v) is 4.66. The molecule has 4 nitrogen and oxygen atoms in total. The highest BCUT2D eigenvalue weighted by Crippen LogP contribution is 2.29. The average Bonchev–Trinajstić information content (AvgIpc) is 2.15. The predicted octanol–water partition coefficient (Wildman–Crippen LogP) is 2.08. The maximum absolute atomic E-state index is 12.1. The van der Waals surface area contributed by atoms with Crippen molar-refractivity contribution in [2.75, 3.05) is 6.61 Å². The molecular formula is C10H10F3NO3. The lowest BCUT2D eigenvalue weighted by Crippen LogP contribution is -2.21. The Bertz CT molecular complexity index is 418. The van der Waals surface area contributed by atoms with Gasteiger partial charge in [-0.3, -0.25) is 4.79 Å². The van der Waals surface area contributed by atoms with Gasteiger partial charge in [0.05, 0.1) is 12.2 Å². The molecule has 0 saturated heterocycles. The van der Waals surface area contributed by atoms with E-state index >= 15 is 0 Å². The molecule has 0 atom stereocenters. The second-order valence-electron chi connectivity index (χ2n) is 3.00. The third-order valence-electron chi connectivity index (χ3n) is 1.76. The number of benzene rings is 1. The molecule has 1 amide bonds. The van der Waals surface area contributed by atoms with Crippen molar-refractivity contribution in [3.05, 3.63) is 23.8 Å². The summed E-state index contributed by atoms with van der Waals surface area (Å²) in [6, 6.07) is 3.43. The molecule has 0 heterocycles. The van der Waals surface area contributed by atoms with Crippen LogP contribution in [-0.4, -0.2) is 18.9 Å². The van der Waals surface area contributed by atoms with Crippen molar-refractivity contribution in [2.24, 2.45) is 5.73 Å². The Hall–Kier alpha value is -1.92. The normalized spacial score (nSPS) is 11.1. The number of alkyl halides is 3.